The minimum Gasteiger partial charge on any atom is -0.506 e. The van der Waals surface area contributed by atoms with E-state index in [0.717, 1.165) is 35.8 Å². The lowest BCUT2D eigenvalue weighted by Gasteiger charge is -2.54. The second-order valence-electron chi connectivity index (χ2n) is 8.37. The number of anilines is 1. The summed E-state index contributed by atoms with van der Waals surface area (Å²) < 4.78 is 0. The summed E-state index contributed by atoms with van der Waals surface area (Å²) >= 11 is 0. The van der Waals surface area contributed by atoms with Crippen molar-refractivity contribution in [1.29, 1.82) is 0 Å². The van der Waals surface area contributed by atoms with Crippen LogP contribution < -0.4 is 10.6 Å². The summed E-state index contributed by atoms with van der Waals surface area (Å²) in [6.45, 7) is 0.527. The zero-order chi connectivity index (χ0) is 19.1. The molecule has 5 rings (SSSR count). The van der Waals surface area contributed by atoms with E-state index >= 15 is 0 Å². The normalized spacial score (nSPS) is 31.0. The van der Waals surface area contributed by atoms with Gasteiger partial charge < -0.3 is 26.0 Å². The quantitative estimate of drug-likeness (QED) is 0.488. The van der Waals surface area contributed by atoms with Gasteiger partial charge in [0.15, 0.2) is 5.75 Å². The van der Waals surface area contributed by atoms with Crippen LogP contribution >= 0.6 is 0 Å². The van der Waals surface area contributed by atoms with Gasteiger partial charge >= 0.3 is 5.97 Å². The molecule has 7 nitrogen and oxygen atoms in total. The standard InChI is InChI=1S/C20H26N2O5/c23-15-2-1-14(20(26)27)19(25)18(15)22-16(24)3-4-21-17-12-6-10-5-11(8-12)9-13(17)7-10/h1-2,10-13,17,21,23,25H,3-9H2,(H,22,24)(H,26,27). The Balaban J connectivity index is 1.32. The van der Waals surface area contributed by atoms with Crippen molar-refractivity contribution < 1.29 is 24.9 Å². The molecule has 7 heteroatoms. The molecular formula is C20H26N2O5. The first kappa shape index (κ1) is 18.1. The third-order valence-electron chi connectivity index (χ3n) is 6.61. The van der Waals surface area contributed by atoms with E-state index in [9.17, 15) is 19.8 Å². The number of carboxylic acids is 1. The van der Waals surface area contributed by atoms with E-state index in [-0.39, 0.29) is 29.3 Å². The maximum atomic E-state index is 12.2. The highest BCUT2D eigenvalue weighted by atomic mass is 16.4. The van der Waals surface area contributed by atoms with Gasteiger partial charge in [0.25, 0.3) is 0 Å². The molecule has 4 fully saturated rings. The van der Waals surface area contributed by atoms with Gasteiger partial charge in [-0.3, -0.25) is 4.79 Å². The Bertz CT molecular complexity index is 735. The van der Waals surface area contributed by atoms with Gasteiger partial charge in [-0.05, 0) is 67.9 Å². The molecule has 146 valence electrons. The number of phenolic OH excluding ortho intramolecular Hbond substituents is 1. The van der Waals surface area contributed by atoms with E-state index < -0.39 is 11.7 Å². The fraction of sp³-hybridized carbons (Fsp3) is 0.600. The van der Waals surface area contributed by atoms with Crippen molar-refractivity contribution >= 4 is 17.6 Å². The van der Waals surface area contributed by atoms with Crippen molar-refractivity contribution in [3.8, 4) is 11.5 Å². The molecular weight excluding hydrogens is 348 g/mol. The van der Waals surface area contributed by atoms with Gasteiger partial charge in [-0.2, -0.15) is 0 Å². The number of phenols is 2. The highest BCUT2D eigenvalue weighted by Gasteiger charge is 2.47. The van der Waals surface area contributed by atoms with E-state index in [2.05, 4.69) is 10.6 Å². The van der Waals surface area contributed by atoms with Gasteiger partial charge in [0.05, 0.1) is 0 Å². The van der Waals surface area contributed by atoms with Crippen LogP contribution in [0.2, 0.25) is 0 Å². The predicted octanol–water partition coefficient (Wildman–Crippen LogP) is 2.54. The number of nitrogens with one attached hydrogen (secondary N) is 2. The molecule has 0 atom stereocenters. The van der Waals surface area contributed by atoms with Crippen molar-refractivity contribution in [1.82, 2.24) is 5.32 Å². The number of hydrogen-bond acceptors (Lipinski definition) is 5. The van der Waals surface area contributed by atoms with Gasteiger partial charge in [0, 0.05) is 19.0 Å². The smallest absolute Gasteiger partial charge is 0.339 e. The number of aromatic hydroxyl groups is 2. The molecule has 0 aromatic heterocycles. The Kier molecular flexibility index (Phi) is 4.72. The summed E-state index contributed by atoms with van der Waals surface area (Å²) in [6.07, 6.45) is 6.83. The minimum absolute atomic E-state index is 0.193. The van der Waals surface area contributed by atoms with E-state index in [4.69, 9.17) is 5.11 Å². The molecule has 0 unspecified atom stereocenters. The van der Waals surface area contributed by atoms with E-state index in [1.165, 1.54) is 32.1 Å². The number of amides is 1. The molecule has 5 N–H and O–H groups in total. The van der Waals surface area contributed by atoms with Crippen molar-refractivity contribution in [3.63, 3.8) is 0 Å². The molecule has 4 aliphatic carbocycles. The Morgan fingerprint density at radius 3 is 2.22 bits per heavy atom. The summed E-state index contributed by atoms with van der Waals surface area (Å²) in [6, 6.07) is 2.73. The lowest BCUT2D eigenvalue weighted by atomic mass is 9.54. The minimum atomic E-state index is -1.33. The van der Waals surface area contributed by atoms with Crippen molar-refractivity contribution in [2.24, 2.45) is 23.7 Å². The zero-order valence-corrected chi connectivity index (χ0v) is 15.1. The first-order chi connectivity index (χ1) is 12.9. The summed E-state index contributed by atoms with van der Waals surface area (Å²) in [7, 11) is 0. The van der Waals surface area contributed by atoms with Gasteiger partial charge in [-0.15, -0.1) is 0 Å². The molecule has 0 radical (unpaired) electrons. The molecule has 0 heterocycles. The van der Waals surface area contributed by atoms with Gasteiger partial charge in [-0.25, -0.2) is 4.79 Å². The second kappa shape index (κ2) is 7.03. The Labute approximate surface area is 157 Å². The second-order valence-corrected chi connectivity index (χ2v) is 8.37. The number of carbonyl (C=O) groups is 2. The number of benzene rings is 1. The number of hydrogen-bond donors (Lipinski definition) is 5. The third-order valence-corrected chi connectivity index (χ3v) is 6.61. The maximum absolute atomic E-state index is 12.2. The highest BCUT2D eigenvalue weighted by molar-refractivity contribution is 5.99. The SMILES string of the molecule is O=C(CCNC1C2CC3CC(C2)CC1C3)Nc1c(O)ccc(C(=O)O)c1O. The van der Waals surface area contributed by atoms with Gasteiger partial charge in [0.2, 0.25) is 5.91 Å². The molecule has 27 heavy (non-hydrogen) atoms. The van der Waals surface area contributed by atoms with E-state index in [1.807, 2.05) is 0 Å². The van der Waals surface area contributed by atoms with Crippen molar-refractivity contribution in [2.45, 2.75) is 44.6 Å². The van der Waals surface area contributed by atoms with Crippen LogP contribution in [0, 0.1) is 23.7 Å². The summed E-state index contributed by atoms with van der Waals surface area (Å²) in [5, 5.41) is 34.8. The van der Waals surface area contributed by atoms with E-state index in [1.54, 1.807) is 0 Å². The molecule has 1 aromatic carbocycles. The molecule has 4 aliphatic rings. The lowest BCUT2D eigenvalue weighted by Crippen LogP contribution is -2.54. The monoisotopic (exact) mass is 374 g/mol. The summed E-state index contributed by atoms with van der Waals surface area (Å²) in [5.74, 6) is 0.563. The Hall–Kier alpha value is -2.28. The van der Waals surface area contributed by atoms with Gasteiger partial charge in [-0.1, -0.05) is 0 Å². The van der Waals surface area contributed by atoms with Crippen LogP contribution in [-0.2, 0) is 4.79 Å². The van der Waals surface area contributed by atoms with Crippen LogP contribution in [-0.4, -0.2) is 39.8 Å². The van der Waals surface area contributed by atoms with Crippen LogP contribution in [0.1, 0.15) is 48.9 Å². The first-order valence-corrected chi connectivity index (χ1v) is 9.73. The molecule has 1 aromatic rings. The van der Waals surface area contributed by atoms with Crippen molar-refractivity contribution in [3.05, 3.63) is 17.7 Å². The Morgan fingerprint density at radius 2 is 1.63 bits per heavy atom. The van der Waals surface area contributed by atoms with Crippen LogP contribution in [0.3, 0.4) is 0 Å². The fourth-order valence-electron chi connectivity index (χ4n) is 5.69. The Morgan fingerprint density at radius 1 is 1.00 bits per heavy atom. The van der Waals surface area contributed by atoms with Crippen LogP contribution in [0.4, 0.5) is 5.69 Å². The lowest BCUT2D eigenvalue weighted by molar-refractivity contribution is -0.116. The number of aromatic carboxylic acids is 1. The number of carbonyl (C=O) groups excluding carboxylic acids is 1. The predicted molar refractivity (Wildman–Crippen MR) is 98.8 cm³/mol. The first-order valence-electron chi connectivity index (χ1n) is 9.73. The maximum Gasteiger partial charge on any atom is 0.339 e. The fourth-order valence-corrected chi connectivity index (χ4v) is 5.69. The average molecular weight is 374 g/mol. The van der Waals surface area contributed by atoms with Crippen molar-refractivity contribution in [2.75, 3.05) is 11.9 Å². The summed E-state index contributed by atoms with van der Waals surface area (Å²) in [4.78, 5) is 23.3. The molecule has 4 bridgehead atoms. The molecule has 0 spiro atoms. The number of carboxylic acid groups (broad SMARTS) is 1. The van der Waals surface area contributed by atoms with E-state index in [0.29, 0.717) is 12.6 Å². The molecule has 0 saturated heterocycles. The molecule has 0 aliphatic heterocycles. The molecule has 1 amide bonds. The topological polar surface area (TPSA) is 119 Å². The number of rotatable bonds is 6. The van der Waals surface area contributed by atoms with Crippen LogP contribution in [0.25, 0.3) is 0 Å². The third kappa shape index (κ3) is 3.48. The average Bonchev–Trinajstić information content (AvgIpc) is 2.60. The van der Waals surface area contributed by atoms with Crippen LogP contribution in [0.5, 0.6) is 11.5 Å². The van der Waals surface area contributed by atoms with Crippen LogP contribution in [0.15, 0.2) is 12.1 Å². The summed E-state index contributed by atoms with van der Waals surface area (Å²) in [5.41, 5.74) is -0.621. The highest BCUT2D eigenvalue weighted by Crippen LogP contribution is 2.53. The largest absolute Gasteiger partial charge is 0.506 e. The molecule has 4 saturated carbocycles. The van der Waals surface area contributed by atoms with Gasteiger partial charge in [0.1, 0.15) is 17.0 Å². The zero-order valence-electron chi connectivity index (χ0n) is 15.1.